The average molecular weight is 347 g/mol. The van der Waals surface area contributed by atoms with E-state index < -0.39 is 27.2 Å². The maximum atomic E-state index is 12.7. The second-order valence-corrected chi connectivity index (χ2v) is 8.09. The Morgan fingerprint density at radius 3 is 2.04 bits per heavy atom. The minimum atomic E-state index is -3.78. The van der Waals surface area contributed by atoms with Crippen molar-refractivity contribution in [3.63, 3.8) is 0 Å². The number of anilines is 1. The number of carboxylic acid groups (broad SMARTS) is 1. The van der Waals surface area contributed by atoms with Crippen LogP contribution in [0, 0.1) is 5.41 Å². The van der Waals surface area contributed by atoms with Crippen LogP contribution in [0.2, 0.25) is 0 Å². The smallest absolute Gasteiger partial charge is 0.310 e. The lowest BCUT2D eigenvalue weighted by Gasteiger charge is -2.28. The summed E-state index contributed by atoms with van der Waals surface area (Å²) in [4.78, 5) is 11.8. The number of sulfonamides is 1. The fourth-order valence-electron chi connectivity index (χ4n) is 2.53. The Morgan fingerprint density at radius 2 is 1.54 bits per heavy atom. The van der Waals surface area contributed by atoms with Crippen LogP contribution in [0.25, 0.3) is 0 Å². The Labute approximate surface area is 142 Å². The molecule has 0 aliphatic heterocycles. The monoisotopic (exact) mass is 347 g/mol. The first kappa shape index (κ1) is 18.0. The van der Waals surface area contributed by atoms with Gasteiger partial charge in [-0.2, -0.15) is 0 Å². The molecule has 0 saturated carbocycles. The molecule has 0 aromatic heterocycles. The molecule has 2 aromatic rings. The fraction of sp³-hybridized carbons (Fsp3) is 0.278. The van der Waals surface area contributed by atoms with E-state index in [-0.39, 0.29) is 6.42 Å². The fourth-order valence-corrected chi connectivity index (χ4v) is 4.20. The van der Waals surface area contributed by atoms with Gasteiger partial charge in [0.25, 0.3) is 0 Å². The number of para-hydroxylation sites is 1. The van der Waals surface area contributed by atoms with Gasteiger partial charge in [0.15, 0.2) is 0 Å². The summed E-state index contributed by atoms with van der Waals surface area (Å²) < 4.78 is 26.5. The van der Waals surface area contributed by atoms with Crippen molar-refractivity contribution in [1.82, 2.24) is 0 Å². The highest BCUT2D eigenvalue weighted by Gasteiger charge is 2.40. The van der Waals surface area contributed by atoms with Crippen LogP contribution in [0.3, 0.4) is 0 Å². The van der Waals surface area contributed by atoms with Crippen LogP contribution in [-0.4, -0.2) is 32.3 Å². The molecule has 0 aliphatic rings. The van der Waals surface area contributed by atoms with Gasteiger partial charge in [0.05, 0.1) is 16.9 Å². The van der Waals surface area contributed by atoms with Gasteiger partial charge in [-0.25, -0.2) is 8.42 Å². The lowest BCUT2D eigenvalue weighted by atomic mass is 9.86. The minimum Gasteiger partial charge on any atom is -0.481 e. The minimum absolute atomic E-state index is 0.144. The summed E-state index contributed by atoms with van der Waals surface area (Å²) in [5.41, 5.74) is -0.117. The highest BCUT2D eigenvalue weighted by Crippen LogP contribution is 2.28. The largest absolute Gasteiger partial charge is 0.481 e. The van der Waals surface area contributed by atoms with Gasteiger partial charge in [0, 0.05) is 7.05 Å². The zero-order chi connectivity index (χ0) is 17.8. The molecule has 0 unspecified atom stereocenters. The van der Waals surface area contributed by atoms with E-state index in [4.69, 9.17) is 0 Å². The number of hydrogen-bond donors (Lipinski definition) is 1. The standard InChI is InChI=1S/C18H21NO4S/c1-18(17(20)21,13-15-9-5-3-6-10-15)14-24(22,23)19(2)16-11-7-4-8-12-16/h3-12H,13-14H2,1-2H3,(H,20,21)/t18-/m1/s1. The molecule has 0 amide bonds. The van der Waals surface area contributed by atoms with Gasteiger partial charge in [-0.15, -0.1) is 0 Å². The topological polar surface area (TPSA) is 74.7 Å². The lowest BCUT2D eigenvalue weighted by Crippen LogP contribution is -2.42. The van der Waals surface area contributed by atoms with Crippen molar-refractivity contribution in [3.8, 4) is 0 Å². The molecule has 0 heterocycles. The van der Waals surface area contributed by atoms with Crippen LogP contribution in [-0.2, 0) is 21.2 Å². The van der Waals surface area contributed by atoms with Crippen molar-refractivity contribution in [2.24, 2.45) is 5.41 Å². The van der Waals surface area contributed by atoms with E-state index in [0.29, 0.717) is 5.69 Å². The predicted octanol–water partition coefficient (Wildman–Crippen LogP) is 2.79. The van der Waals surface area contributed by atoms with Crippen LogP contribution < -0.4 is 4.31 Å². The summed E-state index contributed by atoms with van der Waals surface area (Å²) in [6.45, 7) is 1.47. The Morgan fingerprint density at radius 1 is 1.04 bits per heavy atom. The van der Waals surface area contributed by atoms with Crippen molar-refractivity contribution in [2.75, 3.05) is 17.1 Å². The van der Waals surface area contributed by atoms with E-state index in [1.54, 1.807) is 42.5 Å². The number of carbonyl (C=O) groups is 1. The molecule has 5 nitrogen and oxygen atoms in total. The Hall–Kier alpha value is -2.34. The van der Waals surface area contributed by atoms with Crippen molar-refractivity contribution >= 4 is 21.7 Å². The average Bonchev–Trinajstić information content (AvgIpc) is 2.55. The summed E-state index contributed by atoms with van der Waals surface area (Å²) >= 11 is 0. The maximum Gasteiger partial charge on any atom is 0.310 e. The number of benzene rings is 2. The highest BCUT2D eigenvalue weighted by atomic mass is 32.2. The number of nitrogens with zero attached hydrogens (tertiary/aromatic N) is 1. The van der Waals surface area contributed by atoms with Gasteiger partial charge in [-0.05, 0) is 31.0 Å². The summed E-state index contributed by atoms with van der Waals surface area (Å²) in [5, 5.41) is 9.63. The predicted molar refractivity (Wildman–Crippen MR) is 94.5 cm³/mol. The molecule has 2 rings (SSSR count). The third-order valence-corrected chi connectivity index (χ3v) is 6.04. The van der Waals surface area contributed by atoms with Gasteiger partial charge < -0.3 is 5.11 Å². The van der Waals surface area contributed by atoms with E-state index in [2.05, 4.69) is 0 Å². The normalized spacial score (nSPS) is 13.9. The third kappa shape index (κ3) is 4.14. The van der Waals surface area contributed by atoms with E-state index in [9.17, 15) is 18.3 Å². The Bertz CT molecular complexity index is 790. The van der Waals surface area contributed by atoms with E-state index in [1.165, 1.54) is 14.0 Å². The van der Waals surface area contributed by atoms with Crippen molar-refractivity contribution in [3.05, 3.63) is 66.2 Å². The van der Waals surface area contributed by atoms with Gasteiger partial charge in [0.1, 0.15) is 0 Å². The van der Waals surface area contributed by atoms with Crippen LogP contribution in [0.1, 0.15) is 12.5 Å². The molecule has 2 aromatic carbocycles. The third-order valence-electron chi connectivity index (χ3n) is 3.99. The molecule has 24 heavy (non-hydrogen) atoms. The van der Waals surface area contributed by atoms with Crippen LogP contribution in [0.15, 0.2) is 60.7 Å². The Balaban J connectivity index is 2.27. The second kappa shape index (κ2) is 7.05. The van der Waals surface area contributed by atoms with Crippen LogP contribution in [0.4, 0.5) is 5.69 Å². The summed E-state index contributed by atoms with van der Waals surface area (Å²) in [5.74, 6) is -1.60. The molecule has 0 spiro atoms. The van der Waals surface area contributed by atoms with Crippen LogP contribution in [0.5, 0.6) is 0 Å². The highest BCUT2D eigenvalue weighted by molar-refractivity contribution is 7.92. The molecule has 0 fully saturated rings. The summed E-state index contributed by atoms with van der Waals surface area (Å²) in [6.07, 6.45) is 0.144. The molecular weight excluding hydrogens is 326 g/mol. The molecular formula is C18H21NO4S. The van der Waals surface area contributed by atoms with E-state index in [1.807, 2.05) is 18.2 Å². The zero-order valence-electron chi connectivity index (χ0n) is 13.7. The van der Waals surface area contributed by atoms with Gasteiger partial charge >= 0.3 is 5.97 Å². The first-order chi connectivity index (χ1) is 11.2. The molecule has 1 atom stereocenters. The molecule has 1 N–H and O–H groups in total. The molecule has 128 valence electrons. The number of aliphatic carboxylic acids is 1. The molecule has 0 saturated heterocycles. The lowest BCUT2D eigenvalue weighted by molar-refractivity contribution is -0.146. The second-order valence-electron chi connectivity index (χ2n) is 6.09. The van der Waals surface area contributed by atoms with Gasteiger partial charge in [0.2, 0.25) is 10.0 Å². The molecule has 6 heteroatoms. The van der Waals surface area contributed by atoms with Gasteiger partial charge in [-0.3, -0.25) is 9.10 Å². The first-order valence-electron chi connectivity index (χ1n) is 7.54. The number of carboxylic acids is 1. The van der Waals surface area contributed by atoms with Crippen LogP contribution >= 0.6 is 0 Å². The zero-order valence-corrected chi connectivity index (χ0v) is 14.5. The van der Waals surface area contributed by atoms with E-state index >= 15 is 0 Å². The quantitative estimate of drug-likeness (QED) is 0.836. The van der Waals surface area contributed by atoms with Crippen molar-refractivity contribution < 1.29 is 18.3 Å². The van der Waals surface area contributed by atoms with Gasteiger partial charge in [-0.1, -0.05) is 48.5 Å². The molecule has 0 bridgehead atoms. The SMILES string of the molecule is CN(c1ccccc1)S(=O)(=O)C[C@@](C)(Cc1ccccc1)C(=O)O. The number of hydrogen-bond acceptors (Lipinski definition) is 3. The summed E-state index contributed by atoms with van der Waals surface area (Å²) in [6, 6.07) is 17.7. The molecule has 0 radical (unpaired) electrons. The van der Waals surface area contributed by atoms with E-state index in [0.717, 1.165) is 9.87 Å². The van der Waals surface area contributed by atoms with Crippen molar-refractivity contribution in [2.45, 2.75) is 13.3 Å². The molecule has 0 aliphatic carbocycles. The van der Waals surface area contributed by atoms with Crippen molar-refractivity contribution in [1.29, 1.82) is 0 Å². The number of rotatable bonds is 7. The maximum absolute atomic E-state index is 12.7. The Kier molecular flexibility index (Phi) is 5.29. The first-order valence-corrected chi connectivity index (χ1v) is 9.14. The summed E-state index contributed by atoms with van der Waals surface area (Å²) in [7, 11) is -2.34.